The normalized spacial score (nSPS) is 16.1. The van der Waals surface area contributed by atoms with Crippen LogP contribution in [0.2, 0.25) is 5.02 Å². The van der Waals surface area contributed by atoms with Crippen molar-refractivity contribution in [2.45, 2.75) is 25.5 Å². The maximum absolute atomic E-state index is 13.6. The van der Waals surface area contributed by atoms with Crippen LogP contribution in [0.4, 0.5) is 5.69 Å². The quantitative estimate of drug-likeness (QED) is 0.284. The number of fused-ring (bicyclic) bond motifs is 4. The Balaban J connectivity index is 1.68. The third-order valence-corrected chi connectivity index (χ3v) is 6.36. The fraction of sp³-hybridized carbons (Fsp3) is 0.217. The van der Waals surface area contributed by atoms with Crippen LogP contribution < -0.4 is 5.56 Å². The molecule has 1 fully saturated rings. The van der Waals surface area contributed by atoms with Crippen LogP contribution in [0.5, 0.6) is 0 Å². The van der Waals surface area contributed by atoms with Gasteiger partial charge in [-0.3, -0.25) is 24.0 Å². The summed E-state index contributed by atoms with van der Waals surface area (Å²) in [5, 5.41) is 11.8. The molecule has 0 aliphatic carbocycles. The average Bonchev–Trinajstić information content (AvgIpc) is 3.45. The molecule has 11 heteroatoms. The van der Waals surface area contributed by atoms with Crippen LogP contribution in [-0.4, -0.2) is 41.7 Å². The second kappa shape index (κ2) is 7.86. The first kappa shape index (κ1) is 20.7. The lowest BCUT2D eigenvalue weighted by molar-refractivity contribution is -0.384. The van der Waals surface area contributed by atoms with Crippen molar-refractivity contribution in [2.24, 2.45) is 0 Å². The van der Waals surface area contributed by atoms with E-state index >= 15 is 0 Å². The van der Waals surface area contributed by atoms with Crippen molar-refractivity contribution < 1.29 is 9.66 Å². The minimum Gasteiger partial charge on any atom is -0.376 e. The number of hydrogen-bond donors (Lipinski definition) is 0. The van der Waals surface area contributed by atoms with E-state index < -0.39 is 4.92 Å². The molecule has 10 nitrogen and oxygen atoms in total. The number of nitrogens with zero attached hydrogens (tertiary/aromatic N) is 6. The minimum atomic E-state index is -0.553. The molecular weight excluding hydrogens is 460 g/mol. The molecule has 6 rings (SSSR count). The van der Waals surface area contributed by atoms with E-state index in [2.05, 4.69) is 4.98 Å². The number of nitro benzene ring substituents is 1. The zero-order chi connectivity index (χ0) is 23.4. The molecule has 0 N–H and O–H groups in total. The van der Waals surface area contributed by atoms with Crippen molar-refractivity contribution in [3.63, 3.8) is 0 Å². The van der Waals surface area contributed by atoms with E-state index in [0.717, 1.165) is 12.8 Å². The van der Waals surface area contributed by atoms with Crippen LogP contribution >= 0.6 is 11.6 Å². The highest BCUT2D eigenvalue weighted by Crippen LogP contribution is 2.32. The van der Waals surface area contributed by atoms with Crippen LogP contribution in [-0.2, 0) is 11.3 Å². The first-order valence-electron chi connectivity index (χ1n) is 10.7. The number of rotatable bonds is 4. The molecule has 0 amide bonds. The lowest BCUT2D eigenvalue weighted by Gasteiger charge is -2.11. The maximum atomic E-state index is 13.6. The molecule has 34 heavy (non-hydrogen) atoms. The summed E-state index contributed by atoms with van der Waals surface area (Å²) in [6.45, 7) is 1.07. The van der Waals surface area contributed by atoms with Gasteiger partial charge < -0.3 is 4.74 Å². The molecule has 0 radical (unpaired) electrons. The fourth-order valence-corrected chi connectivity index (χ4v) is 4.62. The summed E-state index contributed by atoms with van der Waals surface area (Å²) in [6.07, 6.45) is 3.27. The molecule has 4 heterocycles. The number of para-hydroxylation sites is 2. The van der Waals surface area contributed by atoms with Gasteiger partial charge in [0.05, 0.1) is 34.3 Å². The Labute approximate surface area is 196 Å². The molecule has 3 aromatic heterocycles. The molecule has 0 saturated carbocycles. The molecule has 0 spiro atoms. The number of halogens is 1. The van der Waals surface area contributed by atoms with Gasteiger partial charge in [0.2, 0.25) is 0 Å². The van der Waals surface area contributed by atoms with Gasteiger partial charge in [-0.2, -0.15) is 0 Å². The van der Waals surface area contributed by atoms with Crippen LogP contribution in [0.1, 0.15) is 12.8 Å². The van der Waals surface area contributed by atoms with E-state index in [9.17, 15) is 14.9 Å². The molecular formula is C23H17ClN6O4. The second-order valence-corrected chi connectivity index (χ2v) is 8.56. The van der Waals surface area contributed by atoms with E-state index in [-0.39, 0.29) is 22.4 Å². The summed E-state index contributed by atoms with van der Waals surface area (Å²) in [7, 11) is 0. The molecule has 1 atom stereocenters. The van der Waals surface area contributed by atoms with Crippen molar-refractivity contribution in [3.8, 4) is 5.69 Å². The molecule has 170 valence electrons. The third kappa shape index (κ3) is 3.22. The van der Waals surface area contributed by atoms with Crippen LogP contribution in [0, 0.1) is 10.1 Å². The van der Waals surface area contributed by atoms with Crippen molar-refractivity contribution in [3.05, 3.63) is 74.3 Å². The van der Waals surface area contributed by atoms with Crippen molar-refractivity contribution in [1.29, 1.82) is 0 Å². The van der Waals surface area contributed by atoms with Crippen molar-refractivity contribution >= 4 is 50.5 Å². The van der Waals surface area contributed by atoms with Crippen LogP contribution in [0.15, 0.2) is 53.6 Å². The number of ether oxygens (including phenoxy) is 1. The number of benzene rings is 2. The largest absolute Gasteiger partial charge is 0.376 e. The molecule has 1 aliphatic heterocycles. The van der Waals surface area contributed by atoms with Gasteiger partial charge >= 0.3 is 0 Å². The zero-order valence-electron chi connectivity index (χ0n) is 17.7. The standard InChI is InChI=1S/C23H17ClN6O4/c24-15-8-7-13(10-18(15)30(32)33)29-21-19(20-22(29)27-17-6-2-1-5-16(17)26-20)23(31)28(12-25-21)11-14-4-3-9-34-14/h1-2,5-8,10,12,14H,3-4,9,11H2. The summed E-state index contributed by atoms with van der Waals surface area (Å²) >= 11 is 6.03. The Bertz CT molecular complexity index is 1670. The van der Waals surface area contributed by atoms with Gasteiger partial charge in [-0.15, -0.1) is 0 Å². The molecule has 2 aromatic carbocycles. The monoisotopic (exact) mass is 476 g/mol. The Morgan fingerprint density at radius 3 is 2.68 bits per heavy atom. The topological polar surface area (TPSA) is 118 Å². The van der Waals surface area contributed by atoms with Gasteiger partial charge in [-0.05, 0) is 37.1 Å². The first-order chi connectivity index (χ1) is 16.5. The average molecular weight is 477 g/mol. The highest BCUT2D eigenvalue weighted by molar-refractivity contribution is 6.32. The summed E-state index contributed by atoms with van der Waals surface area (Å²) in [5.74, 6) is 0. The predicted octanol–water partition coefficient (Wildman–Crippen LogP) is 4.02. The maximum Gasteiger partial charge on any atom is 0.289 e. The van der Waals surface area contributed by atoms with E-state index in [4.69, 9.17) is 26.3 Å². The molecule has 1 aliphatic rings. The van der Waals surface area contributed by atoms with Gasteiger partial charge in [-0.1, -0.05) is 23.7 Å². The number of hydrogen-bond acceptors (Lipinski definition) is 7. The molecule has 1 saturated heterocycles. The van der Waals surface area contributed by atoms with Gasteiger partial charge in [0.15, 0.2) is 11.3 Å². The van der Waals surface area contributed by atoms with E-state index in [1.807, 2.05) is 24.3 Å². The van der Waals surface area contributed by atoms with Crippen molar-refractivity contribution in [2.75, 3.05) is 6.61 Å². The van der Waals surface area contributed by atoms with E-state index in [0.29, 0.717) is 52.1 Å². The Hall–Kier alpha value is -3.89. The summed E-state index contributed by atoms with van der Waals surface area (Å²) in [4.78, 5) is 38.6. The summed E-state index contributed by atoms with van der Waals surface area (Å²) in [6, 6.07) is 11.7. The highest BCUT2D eigenvalue weighted by Gasteiger charge is 2.24. The van der Waals surface area contributed by atoms with Crippen LogP contribution in [0.3, 0.4) is 0 Å². The second-order valence-electron chi connectivity index (χ2n) is 8.15. The third-order valence-electron chi connectivity index (χ3n) is 6.04. The Morgan fingerprint density at radius 1 is 1.15 bits per heavy atom. The van der Waals surface area contributed by atoms with Gasteiger partial charge in [0, 0.05) is 12.7 Å². The summed E-state index contributed by atoms with van der Waals surface area (Å²) < 4.78 is 8.84. The molecule has 0 bridgehead atoms. The molecule has 5 aromatic rings. The van der Waals surface area contributed by atoms with Crippen molar-refractivity contribution in [1.82, 2.24) is 24.1 Å². The van der Waals surface area contributed by atoms with Gasteiger partial charge in [0.25, 0.3) is 11.2 Å². The zero-order valence-corrected chi connectivity index (χ0v) is 18.5. The van der Waals surface area contributed by atoms with E-state index in [1.165, 1.54) is 23.0 Å². The lowest BCUT2D eigenvalue weighted by atomic mass is 10.2. The minimum absolute atomic E-state index is 0.0120. The lowest BCUT2D eigenvalue weighted by Crippen LogP contribution is -2.26. The fourth-order valence-electron chi connectivity index (χ4n) is 4.43. The predicted molar refractivity (Wildman–Crippen MR) is 127 cm³/mol. The summed E-state index contributed by atoms with van der Waals surface area (Å²) in [5.41, 5.74) is 2.22. The number of nitro groups is 1. The Morgan fingerprint density at radius 2 is 1.94 bits per heavy atom. The van der Waals surface area contributed by atoms with Gasteiger partial charge in [0.1, 0.15) is 22.3 Å². The smallest absolute Gasteiger partial charge is 0.289 e. The van der Waals surface area contributed by atoms with E-state index in [1.54, 1.807) is 10.6 Å². The number of aromatic nitrogens is 5. The highest BCUT2D eigenvalue weighted by atomic mass is 35.5. The van der Waals surface area contributed by atoms with Crippen LogP contribution in [0.25, 0.3) is 38.9 Å². The first-order valence-corrected chi connectivity index (χ1v) is 11.1. The molecule has 1 unspecified atom stereocenters. The SMILES string of the molecule is O=c1c2c3nc4ccccc4nc3n(-c3ccc(Cl)c([N+](=O)[O-])c3)c2ncn1CC1CCCO1. The Kier molecular flexibility index (Phi) is 4.78. The van der Waals surface area contributed by atoms with Gasteiger partial charge in [-0.25, -0.2) is 15.0 Å².